The Morgan fingerprint density at radius 3 is 2.28 bits per heavy atom. The van der Waals surface area contributed by atoms with Gasteiger partial charge in [0.15, 0.2) is 0 Å². The summed E-state index contributed by atoms with van der Waals surface area (Å²) >= 11 is 0. The van der Waals surface area contributed by atoms with Gasteiger partial charge in [0, 0.05) is 42.5 Å². The van der Waals surface area contributed by atoms with Gasteiger partial charge in [-0.25, -0.2) is 4.79 Å². The molecule has 3 atom stereocenters. The number of carbonyl (C=O) groups is 2. The van der Waals surface area contributed by atoms with Gasteiger partial charge in [-0.2, -0.15) is 13.2 Å². The molecule has 264 valence electrons. The fourth-order valence-electron chi connectivity index (χ4n) is 5.73. The molecule has 12 heteroatoms. The smallest absolute Gasteiger partial charge is 0.416 e. The van der Waals surface area contributed by atoms with Gasteiger partial charge in [0.1, 0.15) is 23.4 Å². The van der Waals surface area contributed by atoms with Crippen molar-refractivity contribution < 1.29 is 37.3 Å². The number of anilines is 2. The molecule has 5 rings (SSSR count). The fourth-order valence-corrected chi connectivity index (χ4v) is 5.73. The van der Waals surface area contributed by atoms with E-state index in [1.807, 2.05) is 68.6 Å². The van der Waals surface area contributed by atoms with E-state index in [9.17, 15) is 27.9 Å². The molecule has 0 spiro atoms. The van der Waals surface area contributed by atoms with Crippen LogP contribution in [0.4, 0.5) is 29.3 Å². The van der Waals surface area contributed by atoms with Crippen molar-refractivity contribution in [2.75, 3.05) is 37.4 Å². The maximum atomic E-state index is 13.6. The van der Waals surface area contributed by atoms with E-state index in [4.69, 9.17) is 9.47 Å². The molecule has 50 heavy (non-hydrogen) atoms. The number of halogens is 3. The normalized spacial score (nSPS) is 17.1. The van der Waals surface area contributed by atoms with Crippen molar-refractivity contribution in [3.63, 3.8) is 0 Å². The standard InChI is InChI=1S/C38H41F3N4O5/c1-25-21-45(26(2)24-46)36(47)20-28-19-31(43-37(48)42-30-13-11-29(12-14-30)38(39,40)41)15-18-34(28)50-35(25)23-44(3)22-27-9-16-33(17-10-27)49-32-7-5-4-6-8-32/h4-19,25-26,35,46H,20-24H2,1-3H3,(H2,42,43,48)/t25-,26-,35+/m0/s1. The van der Waals surface area contributed by atoms with Gasteiger partial charge >= 0.3 is 12.2 Å². The van der Waals surface area contributed by atoms with Crippen molar-refractivity contribution in [2.24, 2.45) is 5.92 Å². The minimum atomic E-state index is -4.48. The zero-order chi connectivity index (χ0) is 35.8. The number of para-hydroxylation sites is 1. The van der Waals surface area contributed by atoms with Crippen LogP contribution >= 0.6 is 0 Å². The summed E-state index contributed by atoms with van der Waals surface area (Å²) in [6.07, 6.45) is -4.84. The highest BCUT2D eigenvalue weighted by molar-refractivity contribution is 6.00. The van der Waals surface area contributed by atoms with Crippen LogP contribution in [-0.2, 0) is 23.9 Å². The number of carbonyl (C=O) groups excluding carboxylic acids is 2. The van der Waals surface area contributed by atoms with Gasteiger partial charge in [0.2, 0.25) is 5.91 Å². The van der Waals surface area contributed by atoms with Gasteiger partial charge in [0.05, 0.1) is 24.6 Å². The molecule has 0 saturated heterocycles. The highest BCUT2D eigenvalue weighted by Crippen LogP contribution is 2.31. The zero-order valence-electron chi connectivity index (χ0n) is 28.1. The van der Waals surface area contributed by atoms with Gasteiger partial charge in [-0.3, -0.25) is 9.69 Å². The van der Waals surface area contributed by atoms with Gasteiger partial charge in [-0.1, -0.05) is 37.3 Å². The number of urea groups is 1. The summed E-state index contributed by atoms with van der Waals surface area (Å²) in [5.41, 5.74) is 1.36. The molecule has 0 fully saturated rings. The number of benzene rings is 4. The molecule has 0 radical (unpaired) electrons. The predicted molar refractivity (Wildman–Crippen MR) is 185 cm³/mol. The monoisotopic (exact) mass is 690 g/mol. The molecule has 0 unspecified atom stereocenters. The molecular formula is C38H41F3N4O5. The predicted octanol–water partition coefficient (Wildman–Crippen LogP) is 7.42. The number of hydrogen-bond donors (Lipinski definition) is 3. The minimum absolute atomic E-state index is 0.0254. The number of alkyl halides is 3. The van der Waals surface area contributed by atoms with Gasteiger partial charge in [-0.05, 0) is 86.3 Å². The first kappa shape index (κ1) is 36.2. The lowest BCUT2D eigenvalue weighted by Gasteiger charge is -2.34. The van der Waals surface area contributed by atoms with Gasteiger partial charge < -0.3 is 30.1 Å². The van der Waals surface area contributed by atoms with E-state index in [1.54, 1.807) is 30.0 Å². The third kappa shape index (κ3) is 9.76. The molecule has 0 bridgehead atoms. The quantitative estimate of drug-likeness (QED) is 0.160. The Bertz CT molecular complexity index is 1740. The number of nitrogens with one attached hydrogen (secondary N) is 2. The summed E-state index contributed by atoms with van der Waals surface area (Å²) in [5, 5.41) is 15.2. The second kappa shape index (κ2) is 16.1. The zero-order valence-corrected chi connectivity index (χ0v) is 28.1. The Balaban J connectivity index is 1.29. The highest BCUT2D eigenvalue weighted by Gasteiger charge is 2.32. The molecule has 1 aliphatic rings. The van der Waals surface area contributed by atoms with E-state index in [0.717, 1.165) is 29.2 Å². The van der Waals surface area contributed by atoms with Crippen LogP contribution in [-0.4, -0.2) is 65.7 Å². The average molecular weight is 691 g/mol. The number of likely N-dealkylation sites (N-methyl/N-ethyl adjacent to an activating group) is 1. The average Bonchev–Trinajstić information content (AvgIpc) is 3.12. The molecule has 0 aromatic heterocycles. The maximum absolute atomic E-state index is 13.6. The summed E-state index contributed by atoms with van der Waals surface area (Å²) < 4.78 is 51.3. The molecule has 0 aliphatic carbocycles. The topological polar surface area (TPSA) is 103 Å². The number of amides is 3. The van der Waals surface area contributed by atoms with Crippen LogP contribution in [0.2, 0.25) is 0 Å². The maximum Gasteiger partial charge on any atom is 0.416 e. The van der Waals surface area contributed by atoms with Crippen molar-refractivity contribution >= 4 is 23.3 Å². The Morgan fingerprint density at radius 1 is 0.980 bits per heavy atom. The Labute approximate surface area is 289 Å². The summed E-state index contributed by atoms with van der Waals surface area (Å²) in [6.45, 7) is 5.16. The molecule has 3 N–H and O–H groups in total. The van der Waals surface area contributed by atoms with E-state index in [2.05, 4.69) is 15.5 Å². The molecule has 4 aromatic rings. The van der Waals surface area contributed by atoms with E-state index in [-0.39, 0.29) is 36.6 Å². The molecule has 3 amide bonds. The Hall–Kier alpha value is -5.07. The van der Waals surface area contributed by atoms with Gasteiger partial charge in [0.25, 0.3) is 0 Å². The minimum Gasteiger partial charge on any atom is -0.488 e. The third-order valence-electron chi connectivity index (χ3n) is 8.49. The second-order valence-electron chi connectivity index (χ2n) is 12.6. The van der Waals surface area contributed by atoms with Crippen molar-refractivity contribution in [2.45, 2.75) is 45.1 Å². The Morgan fingerprint density at radius 2 is 1.62 bits per heavy atom. The molecule has 4 aromatic carbocycles. The lowest BCUT2D eigenvalue weighted by molar-refractivity contribution is -0.137. The van der Waals surface area contributed by atoms with Crippen molar-refractivity contribution in [3.8, 4) is 17.2 Å². The highest BCUT2D eigenvalue weighted by atomic mass is 19.4. The molecule has 0 saturated carbocycles. The first-order valence-corrected chi connectivity index (χ1v) is 16.3. The van der Waals surface area contributed by atoms with E-state index in [0.29, 0.717) is 36.6 Å². The van der Waals surface area contributed by atoms with Crippen LogP contribution < -0.4 is 20.1 Å². The van der Waals surface area contributed by atoms with Crippen molar-refractivity contribution in [1.29, 1.82) is 0 Å². The van der Waals surface area contributed by atoms with Crippen LogP contribution in [0.15, 0.2) is 97.1 Å². The molecular weight excluding hydrogens is 649 g/mol. The lowest BCUT2D eigenvalue weighted by atomic mass is 10.0. The van der Waals surface area contributed by atoms with E-state index >= 15 is 0 Å². The summed E-state index contributed by atoms with van der Waals surface area (Å²) in [6, 6.07) is 25.5. The number of rotatable bonds is 10. The first-order chi connectivity index (χ1) is 23.9. The van der Waals surface area contributed by atoms with Crippen LogP contribution in [0, 0.1) is 5.92 Å². The number of nitrogens with zero attached hydrogens (tertiary/aromatic N) is 2. The SMILES string of the molecule is C[C@H]1CN([C@@H](C)CO)C(=O)Cc2cc(NC(=O)Nc3ccc(C(F)(F)F)cc3)ccc2O[C@@H]1CN(C)Cc1ccc(Oc2ccccc2)cc1. The lowest BCUT2D eigenvalue weighted by Crippen LogP contribution is -2.47. The van der Waals surface area contributed by atoms with E-state index < -0.39 is 23.8 Å². The van der Waals surface area contributed by atoms with Crippen molar-refractivity contribution in [3.05, 3.63) is 114 Å². The van der Waals surface area contributed by atoms with Crippen LogP contribution in [0.1, 0.15) is 30.5 Å². The van der Waals surface area contributed by atoms with Crippen LogP contribution in [0.3, 0.4) is 0 Å². The number of aliphatic hydroxyl groups excluding tert-OH is 1. The molecule has 1 aliphatic heterocycles. The summed E-state index contributed by atoms with van der Waals surface area (Å²) in [7, 11) is 2.00. The fraction of sp³-hybridized carbons (Fsp3) is 0.316. The molecule has 1 heterocycles. The second-order valence-corrected chi connectivity index (χ2v) is 12.6. The first-order valence-electron chi connectivity index (χ1n) is 16.3. The number of fused-ring (bicyclic) bond motifs is 1. The number of ether oxygens (including phenoxy) is 2. The van der Waals surface area contributed by atoms with Crippen LogP contribution in [0.25, 0.3) is 0 Å². The molecule has 9 nitrogen and oxygen atoms in total. The van der Waals surface area contributed by atoms with E-state index in [1.165, 1.54) is 12.1 Å². The van der Waals surface area contributed by atoms with Crippen LogP contribution in [0.5, 0.6) is 17.2 Å². The van der Waals surface area contributed by atoms with Gasteiger partial charge in [-0.15, -0.1) is 0 Å². The third-order valence-corrected chi connectivity index (χ3v) is 8.49. The number of aliphatic hydroxyl groups is 1. The van der Waals surface area contributed by atoms with Crippen molar-refractivity contribution in [1.82, 2.24) is 9.80 Å². The summed E-state index contributed by atoms with van der Waals surface area (Å²) in [4.78, 5) is 30.1. The Kier molecular flexibility index (Phi) is 11.7. The largest absolute Gasteiger partial charge is 0.488 e. The number of hydrogen-bond acceptors (Lipinski definition) is 6. The summed E-state index contributed by atoms with van der Waals surface area (Å²) in [5.74, 6) is 1.70.